The molecule has 0 amide bonds. The van der Waals surface area contributed by atoms with Gasteiger partial charge in [0.25, 0.3) is 0 Å². The Morgan fingerprint density at radius 2 is 2.57 bits per heavy atom. The molecule has 7 heavy (non-hydrogen) atoms. The van der Waals surface area contributed by atoms with E-state index in [4.69, 9.17) is 0 Å². The Hall–Kier alpha value is 0.474. The first-order valence-electron chi connectivity index (χ1n) is 2.24. The van der Waals surface area contributed by atoms with Crippen LogP contribution < -0.4 is 10.6 Å². The Labute approximate surface area is 62.2 Å². The minimum atomic E-state index is 0.890. The summed E-state index contributed by atoms with van der Waals surface area (Å²) in [5, 5.41) is 6.26. The maximum atomic E-state index is 3.18. The van der Waals surface area contributed by atoms with E-state index in [0.29, 0.717) is 0 Å². The first kappa shape index (κ1) is 5.61. The quantitative estimate of drug-likeness (QED) is 0.492. The van der Waals surface area contributed by atoms with E-state index in [-0.39, 0.29) is 0 Å². The van der Waals surface area contributed by atoms with E-state index in [1.54, 1.807) is 0 Å². The van der Waals surface area contributed by atoms with Crippen molar-refractivity contribution in [2.75, 3.05) is 6.54 Å². The van der Waals surface area contributed by atoms with Crippen LogP contribution in [0, 0.1) is 0 Å². The molecule has 0 aromatic carbocycles. The van der Waals surface area contributed by atoms with Crippen LogP contribution in [0.15, 0.2) is 12.3 Å². The molecule has 0 saturated heterocycles. The van der Waals surface area contributed by atoms with Crippen LogP contribution in [0.4, 0.5) is 0 Å². The molecular formula is C4H7N2Y. The second kappa shape index (κ2) is 2.70. The third kappa shape index (κ3) is 1.80. The standard InChI is InChI=1S/C4H6N2.Y.H/c1-2-5-4-6-3-1;;/h1-2,5-6H,3H2;;. The van der Waals surface area contributed by atoms with Gasteiger partial charge in [-0.05, 0) is 0 Å². The zero-order chi connectivity index (χ0) is 5.11. The summed E-state index contributed by atoms with van der Waals surface area (Å²) in [7, 11) is 0. The molecule has 1 aliphatic heterocycles. The van der Waals surface area contributed by atoms with Crippen molar-refractivity contribution in [1.82, 2.24) is 10.6 Å². The zero-order valence-electron chi connectivity index (χ0n) is 4.07. The predicted octanol–water partition coefficient (Wildman–Crippen LogP) is -0.941. The van der Waals surface area contributed by atoms with E-state index in [1.165, 1.54) is 2.55 Å². The van der Waals surface area contributed by atoms with Gasteiger partial charge in [0.15, 0.2) is 0 Å². The van der Waals surface area contributed by atoms with Crippen molar-refractivity contribution in [3.8, 4) is 0 Å². The first-order chi connectivity index (χ1) is 3.39. The number of hydrogen-bond donors (Lipinski definition) is 2. The van der Waals surface area contributed by atoms with Gasteiger partial charge in [0.2, 0.25) is 0 Å². The number of nitrogens with one attached hydrogen (secondary N) is 2. The fourth-order valence-corrected chi connectivity index (χ4v) is 1.10. The van der Waals surface area contributed by atoms with Crippen LogP contribution in [0.5, 0.6) is 0 Å². The molecule has 2 N–H and O–H groups in total. The van der Waals surface area contributed by atoms with Gasteiger partial charge in [-0.3, -0.25) is 0 Å². The summed E-state index contributed by atoms with van der Waals surface area (Å²) in [6, 6.07) is 0. The Morgan fingerprint density at radius 1 is 1.71 bits per heavy atom. The molecule has 0 unspecified atom stereocenters. The summed E-state index contributed by atoms with van der Waals surface area (Å²) in [6.07, 6.45) is 4.04. The van der Waals surface area contributed by atoms with E-state index in [1.807, 2.05) is 6.20 Å². The molecule has 0 aromatic heterocycles. The van der Waals surface area contributed by atoms with E-state index in [0.717, 1.165) is 37.0 Å². The van der Waals surface area contributed by atoms with Gasteiger partial charge >= 0.3 is 62.4 Å². The molecule has 3 heteroatoms. The Kier molecular flexibility index (Phi) is 2.16. The van der Waals surface area contributed by atoms with Crippen molar-refractivity contribution in [3.63, 3.8) is 0 Å². The summed E-state index contributed by atoms with van der Waals surface area (Å²) < 4.78 is 1.30. The van der Waals surface area contributed by atoms with Crippen LogP contribution in [0.25, 0.3) is 0 Å². The van der Waals surface area contributed by atoms with Gasteiger partial charge in [-0.1, -0.05) is 0 Å². The van der Waals surface area contributed by atoms with Crippen molar-refractivity contribution in [2.45, 2.75) is 0 Å². The van der Waals surface area contributed by atoms with Crippen molar-refractivity contribution < 1.29 is 30.4 Å². The summed E-state index contributed by atoms with van der Waals surface area (Å²) in [5.41, 5.74) is 0. The van der Waals surface area contributed by atoms with Crippen molar-refractivity contribution in [3.05, 3.63) is 12.3 Å². The van der Waals surface area contributed by atoms with Crippen LogP contribution in [-0.4, -0.2) is 9.09 Å². The van der Waals surface area contributed by atoms with Crippen molar-refractivity contribution in [1.29, 1.82) is 0 Å². The molecule has 0 atom stereocenters. The van der Waals surface area contributed by atoms with Crippen LogP contribution in [0.1, 0.15) is 0 Å². The summed E-state index contributed by atoms with van der Waals surface area (Å²) in [5.74, 6) is 0. The predicted molar refractivity (Wildman–Crippen MR) is 26.7 cm³/mol. The monoisotopic (exact) mass is 172 g/mol. The van der Waals surface area contributed by atoms with E-state index >= 15 is 0 Å². The Balaban J connectivity index is 2.47. The molecule has 0 aromatic rings. The fourth-order valence-electron chi connectivity index (χ4n) is 0.452. The summed E-state index contributed by atoms with van der Waals surface area (Å²) in [6.45, 7) is 1.000. The van der Waals surface area contributed by atoms with Crippen molar-refractivity contribution >= 4 is 2.55 Å². The van der Waals surface area contributed by atoms with Crippen LogP contribution in [0.3, 0.4) is 0 Å². The summed E-state index contributed by atoms with van der Waals surface area (Å²) >= 11 is 0.890. The maximum absolute atomic E-state index is 3.18. The molecule has 1 aliphatic rings. The Bertz CT molecular complexity index is 108. The minimum absolute atomic E-state index is 0.890. The van der Waals surface area contributed by atoms with Gasteiger partial charge < -0.3 is 0 Å². The van der Waals surface area contributed by atoms with Gasteiger partial charge in [0.1, 0.15) is 0 Å². The molecule has 0 fully saturated rings. The van der Waals surface area contributed by atoms with Crippen LogP contribution in [-0.2, 0) is 30.4 Å². The first-order valence-corrected chi connectivity index (χ1v) is 3.98. The second-order valence-electron chi connectivity index (χ2n) is 1.41. The molecule has 0 radical (unpaired) electrons. The van der Waals surface area contributed by atoms with Gasteiger partial charge in [-0.15, -0.1) is 0 Å². The molecule has 1 rings (SSSR count). The average molecular weight is 172 g/mol. The second-order valence-corrected chi connectivity index (χ2v) is 3.14. The molecule has 36 valence electrons. The van der Waals surface area contributed by atoms with Crippen LogP contribution >= 0.6 is 0 Å². The topological polar surface area (TPSA) is 24.1 Å². The van der Waals surface area contributed by atoms with E-state index in [9.17, 15) is 0 Å². The van der Waals surface area contributed by atoms with Gasteiger partial charge in [-0.2, -0.15) is 0 Å². The number of hydrogen-bond acceptors (Lipinski definition) is 2. The molecule has 2 nitrogen and oxygen atoms in total. The normalized spacial score (nSPS) is 19.0. The molecule has 0 bridgehead atoms. The van der Waals surface area contributed by atoms with Gasteiger partial charge in [0, 0.05) is 0 Å². The fraction of sp³-hybridized carbons (Fsp3) is 0.250. The summed E-state index contributed by atoms with van der Waals surface area (Å²) in [4.78, 5) is 0. The van der Waals surface area contributed by atoms with Gasteiger partial charge in [0.05, 0.1) is 0 Å². The van der Waals surface area contributed by atoms with Crippen molar-refractivity contribution in [2.24, 2.45) is 0 Å². The number of rotatable bonds is 0. The average Bonchev–Trinajstić information content (AvgIpc) is 1.69. The molecule has 1 heterocycles. The van der Waals surface area contributed by atoms with E-state index in [2.05, 4.69) is 16.7 Å². The SMILES string of the molecule is [YH]=[C]1NC=CCN1. The third-order valence-electron chi connectivity index (χ3n) is 0.809. The zero-order valence-corrected chi connectivity index (χ0v) is 7.55. The van der Waals surface area contributed by atoms with Crippen LogP contribution in [0.2, 0.25) is 0 Å². The molecule has 0 aliphatic carbocycles. The van der Waals surface area contributed by atoms with E-state index < -0.39 is 0 Å². The molecule has 0 spiro atoms. The van der Waals surface area contributed by atoms with Gasteiger partial charge in [-0.25, -0.2) is 0 Å². The third-order valence-corrected chi connectivity index (χ3v) is 1.92. The molecule has 0 saturated carbocycles. The Morgan fingerprint density at radius 3 is 2.86 bits per heavy atom. The molecular weight excluding hydrogens is 165 g/mol.